The zero-order valence-electron chi connectivity index (χ0n) is 11.8. The summed E-state index contributed by atoms with van der Waals surface area (Å²) in [6, 6.07) is 6.90. The average molecular weight is 289 g/mol. The topological polar surface area (TPSA) is 55.6 Å². The minimum absolute atomic E-state index is 0.562. The summed E-state index contributed by atoms with van der Waals surface area (Å²) >= 11 is 2.06. The van der Waals surface area contributed by atoms with Gasteiger partial charge in [0, 0.05) is 17.0 Å². The SMILES string of the molecule is Cc1cc(NC2CCCSC2C)ccc1-n1cnnn1. The van der Waals surface area contributed by atoms with Crippen molar-refractivity contribution in [1.82, 2.24) is 20.2 Å². The molecule has 3 rings (SSSR count). The monoisotopic (exact) mass is 289 g/mol. The van der Waals surface area contributed by atoms with Crippen molar-refractivity contribution in [1.29, 1.82) is 0 Å². The number of nitrogens with zero attached hydrogens (tertiary/aromatic N) is 4. The number of tetrazole rings is 1. The molecule has 1 aliphatic heterocycles. The normalized spacial score (nSPS) is 22.7. The zero-order chi connectivity index (χ0) is 13.9. The molecule has 1 saturated heterocycles. The first-order chi connectivity index (χ1) is 9.74. The molecule has 5 nitrogen and oxygen atoms in total. The number of aryl methyl sites for hydroxylation is 1. The minimum Gasteiger partial charge on any atom is -0.381 e. The summed E-state index contributed by atoms with van der Waals surface area (Å²) in [7, 11) is 0. The summed E-state index contributed by atoms with van der Waals surface area (Å²) in [6.07, 6.45) is 4.17. The molecule has 1 N–H and O–H groups in total. The molecule has 2 atom stereocenters. The Morgan fingerprint density at radius 2 is 2.30 bits per heavy atom. The van der Waals surface area contributed by atoms with Crippen LogP contribution in [0.4, 0.5) is 5.69 Å². The van der Waals surface area contributed by atoms with Gasteiger partial charge in [0.25, 0.3) is 0 Å². The van der Waals surface area contributed by atoms with Crippen LogP contribution in [-0.2, 0) is 0 Å². The third-order valence-corrected chi connectivity index (χ3v) is 5.13. The van der Waals surface area contributed by atoms with E-state index in [0.29, 0.717) is 11.3 Å². The van der Waals surface area contributed by atoms with Crippen LogP contribution in [0.5, 0.6) is 0 Å². The Kier molecular flexibility index (Phi) is 3.91. The molecule has 0 bridgehead atoms. The fourth-order valence-corrected chi connectivity index (χ4v) is 3.74. The van der Waals surface area contributed by atoms with Crippen LogP contribution in [0.15, 0.2) is 24.5 Å². The van der Waals surface area contributed by atoms with E-state index in [4.69, 9.17) is 0 Å². The molecule has 2 unspecified atom stereocenters. The first kappa shape index (κ1) is 13.4. The quantitative estimate of drug-likeness (QED) is 0.941. The predicted octanol–water partition coefficient (Wildman–Crippen LogP) is 2.67. The molecule has 20 heavy (non-hydrogen) atoms. The molecule has 0 aliphatic carbocycles. The van der Waals surface area contributed by atoms with Crippen LogP contribution < -0.4 is 5.32 Å². The third kappa shape index (κ3) is 2.80. The van der Waals surface area contributed by atoms with E-state index in [9.17, 15) is 0 Å². The lowest BCUT2D eigenvalue weighted by atomic mass is 10.1. The van der Waals surface area contributed by atoms with Gasteiger partial charge in [-0.25, -0.2) is 4.68 Å². The zero-order valence-corrected chi connectivity index (χ0v) is 12.6. The molecule has 2 heterocycles. The lowest BCUT2D eigenvalue weighted by Gasteiger charge is -2.30. The lowest BCUT2D eigenvalue weighted by molar-refractivity contribution is 0.617. The van der Waals surface area contributed by atoms with Crippen molar-refractivity contribution in [2.24, 2.45) is 0 Å². The van der Waals surface area contributed by atoms with Gasteiger partial charge in [-0.2, -0.15) is 11.8 Å². The maximum absolute atomic E-state index is 3.94. The van der Waals surface area contributed by atoms with Gasteiger partial charge in [0.15, 0.2) is 0 Å². The Morgan fingerprint density at radius 3 is 3.00 bits per heavy atom. The van der Waals surface area contributed by atoms with Gasteiger partial charge in [-0.15, -0.1) is 5.10 Å². The van der Waals surface area contributed by atoms with Crippen molar-refractivity contribution < 1.29 is 0 Å². The molecular weight excluding hydrogens is 270 g/mol. The largest absolute Gasteiger partial charge is 0.381 e. The Balaban J connectivity index is 1.77. The lowest BCUT2D eigenvalue weighted by Crippen LogP contribution is -2.32. The van der Waals surface area contributed by atoms with E-state index >= 15 is 0 Å². The highest BCUT2D eigenvalue weighted by molar-refractivity contribution is 8.00. The molecule has 1 aromatic carbocycles. The molecule has 2 aromatic rings. The van der Waals surface area contributed by atoms with Crippen molar-refractivity contribution in [3.8, 4) is 5.69 Å². The number of rotatable bonds is 3. The Hall–Kier alpha value is -1.56. The summed E-state index contributed by atoms with van der Waals surface area (Å²) in [5.41, 5.74) is 3.36. The van der Waals surface area contributed by atoms with Crippen LogP contribution in [0, 0.1) is 6.92 Å². The maximum atomic E-state index is 3.94. The minimum atomic E-state index is 0.562. The maximum Gasteiger partial charge on any atom is 0.143 e. The first-order valence-electron chi connectivity index (χ1n) is 6.96. The van der Waals surface area contributed by atoms with E-state index in [1.165, 1.54) is 29.8 Å². The molecule has 1 aromatic heterocycles. The van der Waals surface area contributed by atoms with E-state index in [1.54, 1.807) is 11.0 Å². The van der Waals surface area contributed by atoms with Gasteiger partial charge in [0.1, 0.15) is 6.33 Å². The number of thioether (sulfide) groups is 1. The van der Waals surface area contributed by atoms with Crippen LogP contribution >= 0.6 is 11.8 Å². The summed E-state index contributed by atoms with van der Waals surface area (Å²) < 4.78 is 1.69. The predicted molar refractivity (Wildman–Crippen MR) is 82.5 cm³/mol. The van der Waals surface area contributed by atoms with Crippen molar-refractivity contribution in [3.63, 3.8) is 0 Å². The van der Waals surface area contributed by atoms with Crippen molar-refractivity contribution in [2.45, 2.75) is 38.0 Å². The second kappa shape index (κ2) is 5.83. The fourth-order valence-electron chi connectivity index (χ4n) is 2.60. The summed E-state index contributed by atoms with van der Waals surface area (Å²) in [6.45, 7) is 4.39. The number of hydrogen-bond acceptors (Lipinski definition) is 5. The van der Waals surface area contributed by atoms with Gasteiger partial charge in [-0.3, -0.25) is 0 Å². The molecule has 0 amide bonds. The molecule has 0 saturated carbocycles. The van der Waals surface area contributed by atoms with Gasteiger partial charge in [-0.1, -0.05) is 6.92 Å². The summed E-state index contributed by atoms with van der Waals surface area (Å²) in [4.78, 5) is 0. The number of aromatic nitrogens is 4. The van der Waals surface area contributed by atoms with Crippen LogP contribution in [0.2, 0.25) is 0 Å². The molecule has 6 heteroatoms. The molecule has 1 aliphatic rings. The Labute approximate surface area is 123 Å². The highest BCUT2D eigenvalue weighted by Crippen LogP contribution is 2.28. The molecular formula is C14H19N5S. The fraction of sp³-hybridized carbons (Fsp3) is 0.500. The number of nitrogens with one attached hydrogen (secondary N) is 1. The van der Waals surface area contributed by atoms with E-state index in [0.717, 1.165) is 5.69 Å². The molecule has 0 spiro atoms. The van der Waals surface area contributed by atoms with Gasteiger partial charge < -0.3 is 5.32 Å². The Morgan fingerprint density at radius 1 is 1.40 bits per heavy atom. The summed E-state index contributed by atoms with van der Waals surface area (Å²) in [5, 5.41) is 15.6. The van der Waals surface area contributed by atoms with Gasteiger partial charge in [0.05, 0.1) is 5.69 Å². The van der Waals surface area contributed by atoms with E-state index < -0.39 is 0 Å². The number of benzene rings is 1. The van der Waals surface area contributed by atoms with Crippen LogP contribution in [-0.4, -0.2) is 37.3 Å². The highest BCUT2D eigenvalue weighted by Gasteiger charge is 2.21. The molecule has 0 radical (unpaired) electrons. The van der Waals surface area contributed by atoms with Crippen molar-refractivity contribution in [2.75, 3.05) is 11.1 Å². The highest BCUT2D eigenvalue weighted by atomic mass is 32.2. The van der Waals surface area contributed by atoms with E-state index in [-0.39, 0.29) is 0 Å². The van der Waals surface area contributed by atoms with Crippen molar-refractivity contribution >= 4 is 17.4 Å². The number of anilines is 1. The van der Waals surface area contributed by atoms with Crippen LogP contribution in [0.3, 0.4) is 0 Å². The van der Waals surface area contributed by atoms with E-state index in [2.05, 4.69) is 64.7 Å². The first-order valence-corrected chi connectivity index (χ1v) is 8.01. The van der Waals surface area contributed by atoms with Crippen LogP contribution in [0.1, 0.15) is 25.3 Å². The van der Waals surface area contributed by atoms with Crippen LogP contribution in [0.25, 0.3) is 5.69 Å². The van der Waals surface area contributed by atoms with E-state index in [1.807, 2.05) is 0 Å². The standard InChI is InChI=1S/C14H19N5S/c1-10-8-12(16-13-4-3-7-20-11(13)2)5-6-14(10)19-9-15-17-18-19/h5-6,8-9,11,13,16H,3-4,7H2,1-2H3. The van der Waals surface area contributed by atoms with Gasteiger partial charge >= 0.3 is 0 Å². The third-order valence-electron chi connectivity index (χ3n) is 3.75. The molecule has 106 valence electrons. The second-order valence-corrected chi connectivity index (χ2v) is 6.71. The average Bonchev–Trinajstić information content (AvgIpc) is 2.95. The van der Waals surface area contributed by atoms with Gasteiger partial charge in [-0.05, 0) is 59.7 Å². The smallest absolute Gasteiger partial charge is 0.143 e. The summed E-state index contributed by atoms with van der Waals surface area (Å²) in [5.74, 6) is 1.29. The van der Waals surface area contributed by atoms with Gasteiger partial charge in [0.2, 0.25) is 0 Å². The molecule has 1 fully saturated rings. The van der Waals surface area contributed by atoms with Crippen molar-refractivity contribution in [3.05, 3.63) is 30.1 Å². The second-order valence-electron chi connectivity index (χ2n) is 5.22. The Bertz CT molecular complexity index is 569. The number of hydrogen-bond donors (Lipinski definition) is 1.